The van der Waals surface area contributed by atoms with Gasteiger partial charge in [0.15, 0.2) is 0 Å². The van der Waals surface area contributed by atoms with E-state index in [0.29, 0.717) is 6.54 Å². The van der Waals surface area contributed by atoms with Crippen LogP contribution in [0.25, 0.3) is 17.5 Å². The van der Waals surface area contributed by atoms with Gasteiger partial charge in [0.2, 0.25) is 5.91 Å². The van der Waals surface area contributed by atoms with E-state index in [0.717, 1.165) is 28.9 Å². The molecule has 3 rings (SSSR count). The molecule has 0 spiro atoms. The zero-order chi connectivity index (χ0) is 16.6. The molecule has 2 aromatic carbocycles. The van der Waals surface area contributed by atoms with Crippen molar-refractivity contribution >= 4 is 12.0 Å². The topological polar surface area (TPSA) is 57.8 Å². The first-order valence-electron chi connectivity index (χ1n) is 7.91. The molecule has 2 N–H and O–H groups in total. The lowest BCUT2D eigenvalue weighted by Crippen LogP contribution is -2.23. The Hall–Kier alpha value is -3.14. The predicted molar refractivity (Wildman–Crippen MR) is 96.2 cm³/mol. The second-order valence-corrected chi connectivity index (χ2v) is 5.42. The average molecular weight is 317 g/mol. The molecule has 4 heteroatoms. The first-order chi connectivity index (χ1) is 11.8. The lowest BCUT2D eigenvalue weighted by atomic mass is 10.1. The third-order valence-corrected chi connectivity index (χ3v) is 3.64. The van der Waals surface area contributed by atoms with E-state index in [1.165, 1.54) is 0 Å². The monoisotopic (exact) mass is 317 g/mol. The maximum absolute atomic E-state index is 11.8. The van der Waals surface area contributed by atoms with Crippen LogP contribution >= 0.6 is 0 Å². The molecule has 0 aliphatic rings. The molecule has 3 aromatic rings. The number of H-pyrrole nitrogens is 1. The fourth-order valence-electron chi connectivity index (χ4n) is 2.42. The molecule has 4 nitrogen and oxygen atoms in total. The van der Waals surface area contributed by atoms with Gasteiger partial charge in [0, 0.05) is 30.6 Å². The SMILES string of the molecule is O=C(C=Cc1ccccc1)NCCc1cccc(-c2ncc[nH]2)c1. The number of nitrogens with zero attached hydrogens (tertiary/aromatic N) is 1. The fraction of sp³-hybridized carbons (Fsp3) is 0.100. The molecule has 0 saturated carbocycles. The molecule has 0 atom stereocenters. The Bertz CT molecular complexity index is 808. The van der Waals surface area contributed by atoms with E-state index in [1.54, 1.807) is 18.5 Å². The second kappa shape index (κ2) is 7.92. The summed E-state index contributed by atoms with van der Waals surface area (Å²) >= 11 is 0. The minimum absolute atomic E-state index is 0.0824. The zero-order valence-corrected chi connectivity index (χ0v) is 13.3. The van der Waals surface area contributed by atoms with Crippen molar-refractivity contribution in [2.45, 2.75) is 6.42 Å². The first kappa shape index (κ1) is 15.7. The van der Waals surface area contributed by atoms with Gasteiger partial charge in [-0.2, -0.15) is 0 Å². The van der Waals surface area contributed by atoms with Crippen molar-refractivity contribution < 1.29 is 4.79 Å². The van der Waals surface area contributed by atoms with E-state index >= 15 is 0 Å². The molecular formula is C20H19N3O. The fourth-order valence-corrected chi connectivity index (χ4v) is 2.42. The summed E-state index contributed by atoms with van der Waals surface area (Å²) in [6.45, 7) is 0.597. The number of aromatic amines is 1. The van der Waals surface area contributed by atoms with Gasteiger partial charge in [-0.1, -0.05) is 48.5 Å². The molecule has 1 heterocycles. The molecule has 1 aromatic heterocycles. The Morgan fingerprint density at radius 1 is 1.12 bits per heavy atom. The van der Waals surface area contributed by atoms with E-state index in [-0.39, 0.29) is 5.91 Å². The lowest BCUT2D eigenvalue weighted by molar-refractivity contribution is -0.116. The average Bonchev–Trinajstić information content (AvgIpc) is 3.16. The van der Waals surface area contributed by atoms with Crippen LogP contribution in [0.15, 0.2) is 73.1 Å². The van der Waals surface area contributed by atoms with Gasteiger partial charge in [0.1, 0.15) is 5.82 Å². The van der Waals surface area contributed by atoms with E-state index in [2.05, 4.69) is 27.4 Å². The van der Waals surface area contributed by atoms with Crippen molar-refractivity contribution in [2.75, 3.05) is 6.54 Å². The third-order valence-electron chi connectivity index (χ3n) is 3.64. The molecule has 0 aliphatic carbocycles. The minimum atomic E-state index is -0.0824. The van der Waals surface area contributed by atoms with Crippen molar-refractivity contribution in [3.63, 3.8) is 0 Å². The normalized spacial score (nSPS) is 10.8. The standard InChI is InChI=1S/C20H19N3O/c24-19(10-9-16-5-2-1-3-6-16)21-12-11-17-7-4-8-18(15-17)20-22-13-14-23-20/h1-10,13-15H,11-12H2,(H,21,24)(H,22,23). The molecule has 120 valence electrons. The van der Waals surface area contributed by atoms with E-state index in [4.69, 9.17) is 0 Å². The van der Waals surface area contributed by atoms with Crippen molar-refractivity contribution in [1.82, 2.24) is 15.3 Å². The van der Waals surface area contributed by atoms with Gasteiger partial charge in [0.25, 0.3) is 0 Å². The van der Waals surface area contributed by atoms with Crippen LogP contribution in [0.5, 0.6) is 0 Å². The van der Waals surface area contributed by atoms with E-state index < -0.39 is 0 Å². The Kier molecular flexibility index (Phi) is 5.20. The largest absolute Gasteiger partial charge is 0.352 e. The van der Waals surface area contributed by atoms with Crippen LogP contribution in [0.1, 0.15) is 11.1 Å². The Morgan fingerprint density at radius 3 is 2.79 bits per heavy atom. The quantitative estimate of drug-likeness (QED) is 0.684. The Labute approximate surface area is 141 Å². The van der Waals surface area contributed by atoms with Crippen molar-refractivity contribution in [2.24, 2.45) is 0 Å². The van der Waals surface area contributed by atoms with Gasteiger partial charge in [-0.3, -0.25) is 4.79 Å². The molecule has 24 heavy (non-hydrogen) atoms. The summed E-state index contributed by atoms with van der Waals surface area (Å²) in [5, 5.41) is 2.91. The highest BCUT2D eigenvalue weighted by atomic mass is 16.1. The number of benzene rings is 2. The van der Waals surface area contributed by atoms with Crippen LogP contribution in [-0.2, 0) is 11.2 Å². The number of hydrogen-bond donors (Lipinski definition) is 2. The van der Waals surface area contributed by atoms with Gasteiger partial charge in [0.05, 0.1) is 0 Å². The molecule has 0 bridgehead atoms. The molecule has 0 unspecified atom stereocenters. The number of rotatable bonds is 6. The summed E-state index contributed by atoms with van der Waals surface area (Å²) in [7, 11) is 0. The predicted octanol–water partition coefficient (Wildman–Crippen LogP) is 3.45. The van der Waals surface area contributed by atoms with E-state index in [1.807, 2.05) is 48.5 Å². The number of amides is 1. The zero-order valence-electron chi connectivity index (χ0n) is 13.3. The minimum Gasteiger partial charge on any atom is -0.352 e. The van der Waals surface area contributed by atoms with Crippen LogP contribution in [0.2, 0.25) is 0 Å². The van der Waals surface area contributed by atoms with Gasteiger partial charge in [-0.15, -0.1) is 0 Å². The van der Waals surface area contributed by atoms with Crippen LogP contribution < -0.4 is 5.32 Å². The molecule has 0 radical (unpaired) electrons. The lowest BCUT2D eigenvalue weighted by Gasteiger charge is -2.05. The van der Waals surface area contributed by atoms with Crippen LogP contribution in [0.4, 0.5) is 0 Å². The highest BCUT2D eigenvalue weighted by Crippen LogP contribution is 2.16. The number of nitrogens with one attached hydrogen (secondary N) is 2. The Balaban J connectivity index is 1.50. The highest BCUT2D eigenvalue weighted by Gasteiger charge is 2.02. The number of aromatic nitrogens is 2. The molecule has 0 saturated heterocycles. The molecule has 1 amide bonds. The third kappa shape index (κ3) is 4.43. The maximum Gasteiger partial charge on any atom is 0.244 e. The van der Waals surface area contributed by atoms with Crippen molar-refractivity contribution in [1.29, 1.82) is 0 Å². The number of hydrogen-bond acceptors (Lipinski definition) is 2. The summed E-state index contributed by atoms with van der Waals surface area (Å²) in [5.41, 5.74) is 3.22. The number of imidazole rings is 1. The van der Waals surface area contributed by atoms with Crippen LogP contribution in [-0.4, -0.2) is 22.4 Å². The van der Waals surface area contributed by atoms with Gasteiger partial charge in [-0.25, -0.2) is 4.98 Å². The molecular weight excluding hydrogens is 298 g/mol. The summed E-state index contributed by atoms with van der Waals surface area (Å²) in [6, 6.07) is 17.9. The molecule has 0 aliphatic heterocycles. The van der Waals surface area contributed by atoms with E-state index in [9.17, 15) is 4.79 Å². The second-order valence-electron chi connectivity index (χ2n) is 5.42. The molecule has 0 fully saturated rings. The Morgan fingerprint density at radius 2 is 2.00 bits per heavy atom. The number of carbonyl (C=O) groups is 1. The number of carbonyl (C=O) groups excluding carboxylic acids is 1. The van der Waals surface area contributed by atoms with Gasteiger partial charge >= 0.3 is 0 Å². The van der Waals surface area contributed by atoms with Crippen LogP contribution in [0.3, 0.4) is 0 Å². The van der Waals surface area contributed by atoms with Gasteiger partial charge in [-0.05, 0) is 29.7 Å². The van der Waals surface area contributed by atoms with Crippen LogP contribution in [0, 0.1) is 0 Å². The summed E-state index contributed by atoms with van der Waals surface area (Å²) in [6.07, 6.45) is 7.70. The smallest absolute Gasteiger partial charge is 0.244 e. The summed E-state index contributed by atoms with van der Waals surface area (Å²) in [4.78, 5) is 19.2. The first-order valence-corrected chi connectivity index (χ1v) is 7.91. The van der Waals surface area contributed by atoms with Crippen molar-refractivity contribution in [3.8, 4) is 11.4 Å². The van der Waals surface area contributed by atoms with Crippen molar-refractivity contribution in [3.05, 3.63) is 84.2 Å². The summed E-state index contributed by atoms with van der Waals surface area (Å²) < 4.78 is 0. The van der Waals surface area contributed by atoms with Gasteiger partial charge < -0.3 is 10.3 Å². The maximum atomic E-state index is 11.8. The summed E-state index contributed by atoms with van der Waals surface area (Å²) in [5.74, 6) is 0.771. The highest BCUT2D eigenvalue weighted by molar-refractivity contribution is 5.91.